The number of benzene rings is 1. The van der Waals surface area contributed by atoms with Crippen LogP contribution in [0.2, 0.25) is 0 Å². The molecular weight excluding hydrogens is 310 g/mol. The zero-order chi connectivity index (χ0) is 14.5. The summed E-state index contributed by atoms with van der Waals surface area (Å²) in [7, 11) is 0. The van der Waals surface area contributed by atoms with E-state index >= 15 is 0 Å². The van der Waals surface area contributed by atoms with Crippen LogP contribution in [0.3, 0.4) is 0 Å². The van der Waals surface area contributed by atoms with Crippen LogP contribution in [0, 0.1) is 0 Å². The second-order valence-corrected chi connectivity index (χ2v) is 5.66. The van der Waals surface area contributed by atoms with E-state index in [-0.39, 0.29) is 11.8 Å². The molecule has 6 heteroatoms. The molecule has 1 rings (SSSR count). The van der Waals surface area contributed by atoms with Crippen LogP contribution in [0.15, 0.2) is 28.7 Å². The summed E-state index contributed by atoms with van der Waals surface area (Å²) >= 11 is 3.30. The SMILES string of the molecule is CC(C)(N)C(=O)NCCNC(=O)c1cccc(Br)c1. The molecule has 104 valence electrons. The Bertz CT molecular complexity index is 469. The van der Waals surface area contributed by atoms with Crippen molar-refractivity contribution in [2.24, 2.45) is 5.73 Å². The molecule has 0 heterocycles. The van der Waals surface area contributed by atoms with Crippen LogP contribution in [-0.2, 0) is 4.79 Å². The van der Waals surface area contributed by atoms with E-state index in [0.29, 0.717) is 18.7 Å². The molecule has 0 aromatic heterocycles. The van der Waals surface area contributed by atoms with Crippen molar-refractivity contribution in [2.45, 2.75) is 19.4 Å². The molecule has 2 amide bonds. The average molecular weight is 328 g/mol. The van der Waals surface area contributed by atoms with Crippen LogP contribution in [0.4, 0.5) is 0 Å². The molecule has 0 saturated heterocycles. The fourth-order valence-corrected chi connectivity index (χ4v) is 1.71. The Morgan fingerprint density at radius 3 is 2.47 bits per heavy atom. The molecule has 0 aliphatic rings. The molecule has 1 aromatic rings. The van der Waals surface area contributed by atoms with Gasteiger partial charge in [-0.2, -0.15) is 0 Å². The van der Waals surface area contributed by atoms with Gasteiger partial charge < -0.3 is 16.4 Å². The van der Waals surface area contributed by atoms with Gasteiger partial charge in [0.05, 0.1) is 5.54 Å². The van der Waals surface area contributed by atoms with Crippen molar-refractivity contribution in [2.75, 3.05) is 13.1 Å². The Morgan fingerprint density at radius 1 is 1.26 bits per heavy atom. The lowest BCUT2D eigenvalue weighted by atomic mass is 10.1. The van der Waals surface area contributed by atoms with Crippen molar-refractivity contribution >= 4 is 27.7 Å². The third-order valence-corrected chi connectivity index (χ3v) is 2.86. The molecule has 19 heavy (non-hydrogen) atoms. The summed E-state index contributed by atoms with van der Waals surface area (Å²) in [5.74, 6) is -0.424. The van der Waals surface area contributed by atoms with Crippen molar-refractivity contribution in [3.8, 4) is 0 Å². The monoisotopic (exact) mass is 327 g/mol. The van der Waals surface area contributed by atoms with E-state index in [2.05, 4.69) is 26.6 Å². The zero-order valence-electron chi connectivity index (χ0n) is 11.0. The normalized spacial score (nSPS) is 10.9. The summed E-state index contributed by atoms with van der Waals surface area (Å²) in [6.07, 6.45) is 0. The van der Waals surface area contributed by atoms with Crippen molar-refractivity contribution in [3.63, 3.8) is 0 Å². The summed E-state index contributed by atoms with van der Waals surface area (Å²) < 4.78 is 0.846. The smallest absolute Gasteiger partial charge is 0.251 e. The summed E-state index contributed by atoms with van der Waals surface area (Å²) in [6, 6.07) is 7.09. The topological polar surface area (TPSA) is 84.2 Å². The Balaban J connectivity index is 2.34. The summed E-state index contributed by atoms with van der Waals surface area (Å²) in [5.41, 5.74) is 5.29. The van der Waals surface area contributed by atoms with Crippen LogP contribution in [0.5, 0.6) is 0 Å². The fraction of sp³-hybridized carbons (Fsp3) is 0.385. The average Bonchev–Trinajstić information content (AvgIpc) is 2.32. The molecule has 0 spiro atoms. The van der Waals surface area contributed by atoms with Gasteiger partial charge in [0.1, 0.15) is 0 Å². The molecule has 0 atom stereocenters. The first-order valence-electron chi connectivity index (χ1n) is 5.91. The Morgan fingerprint density at radius 2 is 1.89 bits per heavy atom. The van der Waals surface area contributed by atoms with E-state index in [1.54, 1.807) is 32.0 Å². The molecule has 0 unspecified atom stereocenters. The Hall–Kier alpha value is -1.40. The van der Waals surface area contributed by atoms with Crippen LogP contribution < -0.4 is 16.4 Å². The quantitative estimate of drug-likeness (QED) is 0.706. The first-order chi connectivity index (χ1) is 8.80. The van der Waals surface area contributed by atoms with E-state index in [4.69, 9.17) is 5.73 Å². The molecule has 0 saturated carbocycles. The van der Waals surface area contributed by atoms with E-state index in [1.165, 1.54) is 0 Å². The maximum atomic E-state index is 11.8. The number of hydrogen-bond acceptors (Lipinski definition) is 3. The summed E-state index contributed by atoms with van der Waals surface area (Å²) in [5, 5.41) is 5.37. The highest BCUT2D eigenvalue weighted by molar-refractivity contribution is 9.10. The van der Waals surface area contributed by atoms with Gasteiger partial charge in [-0.25, -0.2) is 0 Å². The van der Waals surface area contributed by atoms with Crippen LogP contribution >= 0.6 is 15.9 Å². The number of amides is 2. The minimum atomic E-state index is -0.908. The van der Waals surface area contributed by atoms with E-state index in [0.717, 1.165) is 4.47 Å². The van der Waals surface area contributed by atoms with Crippen LogP contribution in [0.1, 0.15) is 24.2 Å². The molecule has 0 bridgehead atoms. The fourth-order valence-electron chi connectivity index (χ4n) is 1.31. The van der Waals surface area contributed by atoms with Crippen molar-refractivity contribution in [1.29, 1.82) is 0 Å². The molecule has 1 aromatic carbocycles. The van der Waals surface area contributed by atoms with E-state index in [1.807, 2.05) is 6.07 Å². The number of carbonyl (C=O) groups is 2. The number of carbonyl (C=O) groups excluding carboxylic acids is 2. The van der Waals surface area contributed by atoms with Gasteiger partial charge in [-0.1, -0.05) is 22.0 Å². The largest absolute Gasteiger partial charge is 0.353 e. The summed E-state index contributed by atoms with van der Waals surface area (Å²) in [6.45, 7) is 3.96. The third kappa shape index (κ3) is 5.40. The van der Waals surface area contributed by atoms with E-state index < -0.39 is 5.54 Å². The molecule has 4 N–H and O–H groups in total. The molecule has 5 nitrogen and oxygen atoms in total. The molecule has 0 aliphatic carbocycles. The van der Waals surface area contributed by atoms with Crippen molar-refractivity contribution in [1.82, 2.24) is 10.6 Å². The zero-order valence-corrected chi connectivity index (χ0v) is 12.6. The Labute approximate surface area is 121 Å². The van der Waals surface area contributed by atoms with Gasteiger partial charge in [0.25, 0.3) is 5.91 Å². The number of nitrogens with two attached hydrogens (primary N) is 1. The molecular formula is C13H18BrN3O2. The summed E-state index contributed by atoms with van der Waals surface area (Å²) in [4.78, 5) is 23.2. The third-order valence-electron chi connectivity index (χ3n) is 2.37. The predicted molar refractivity (Wildman–Crippen MR) is 77.8 cm³/mol. The molecule has 0 fully saturated rings. The second kappa shape index (κ2) is 6.68. The molecule has 0 radical (unpaired) electrons. The van der Waals surface area contributed by atoms with E-state index in [9.17, 15) is 9.59 Å². The standard InChI is InChI=1S/C13H18BrN3O2/c1-13(2,15)12(19)17-7-6-16-11(18)9-4-3-5-10(14)8-9/h3-5,8H,6-7,15H2,1-2H3,(H,16,18)(H,17,19). The first kappa shape index (κ1) is 15.7. The van der Waals surface area contributed by atoms with Gasteiger partial charge in [0.2, 0.25) is 5.91 Å². The van der Waals surface area contributed by atoms with Crippen molar-refractivity contribution < 1.29 is 9.59 Å². The highest BCUT2D eigenvalue weighted by Crippen LogP contribution is 2.11. The number of rotatable bonds is 5. The lowest BCUT2D eigenvalue weighted by Gasteiger charge is -2.17. The maximum Gasteiger partial charge on any atom is 0.251 e. The van der Waals surface area contributed by atoms with Crippen LogP contribution in [-0.4, -0.2) is 30.4 Å². The van der Waals surface area contributed by atoms with Gasteiger partial charge >= 0.3 is 0 Å². The van der Waals surface area contributed by atoms with Gasteiger partial charge in [-0.15, -0.1) is 0 Å². The number of halogens is 1. The lowest BCUT2D eigenvalue weighted by Crippen LogP contribution is -2.50. The maximum absolute atomic E-state index is 11.8. The molecule has 0 aliphatic heterocycles. The van der Waals surface area contributed by atoms with Gasteiger partial charge in [-0.3, -0.25) is 9.59 Å². The van der Waals surface area contributed by atoms with Crippen LogP contribution in [0.25, 0.3) is 0 Å². The van der Waals surface area contributed by atoms with Gasteiger partial charge in [0, 0.05) is 23.1 Å². The minimum absolute atomic E-state index is 0.178. The highest BCUT2D eigenvalue weighted by Gasteiger charge is 2.20. The van der Waals surface area contributed by atoms with Gasteiger partial charge in [0.15, 0.2) is 0 Å². The first-order valence-corrected chi connectivity index (χ1v) is 6.71. The predicted octanol–water partition coefficient (Wildman–Crippen LogP) is 1.03. The Kier molecular flexibility index (Phi) is 5.50. The van der Waals surface area contributed by atoms with Gasteiger partial charge in [-0.05, 0) is 32.0 Å². The highest BCUT2D eigenvalue weighted by atomic mass is 79.9. The second-order valence-electron chi connectivity index (χ2n) is 4.74. The minimum Gasteiger partial charge on any atom is -0.353 e. The lowest BCUT2D eigenvalue weighted by molar-refractivity contribution is -0.125. The number of nitrogens with one attached hydrogen (secondary N) is 2. The number of hydrogen-bond donors (Lipinski definition) is 3. The van der Waals surface area contributed by atoms with Crippen molar-refractivity contribution in [3.05, 3.63) is 34.3 Å².